The SMILES string of the molecule is N#CC(=O)NCc1ccc(Cl)cc1Cl. The van der Waals surface area contributed by atoms with Gasteiger partial charge in [0.05, 0.1) is 0 Å². The van der Waals surface area contributed by atoms with Crippen LogP contribution in [-0.4, -0.2) is 5.91 Å². The summed E-state index contributed by atoms with van der Waals surface area (Å²) in [5.74, 6) is -0.684. The minimum Gasteiger partial charge on any atom is -0.339 e. The van der Waals surface area contributed by atoms with E-state index in [0.29, 0.717) is 10.0 Å². The van der Waals surface area contributed by atoms with E-state index >= 15 is 0 Å². The average molecular weight is 229 g/mol. The molecule has 1 aromatic rings. The van der Waals surface area contributed by atoms with Crippen molar-refractivity contribution in [2.45, 2.75) is 6.54 Å². The summed E-state index contributed by atoms with van der Waals surface area (Å²) < 4.78 is 0. The van der Waals surface area contributed by atoms with Crippen molar-refractivity contribution in [3.8, 4) is 6.07 Å². The minimum atomic E-state index is -0.684. The lowest BCUT2D eigenvalue weighted by Crippen LogP contribution is -2.20. The van der Waals surface area contributed by atoms with Crippen molar-refractivity contribution < 1.29 is 4.79 Å². The summed E-state index contributed by atoms with van der Waals surface area (Å²) in [4.78, 5) is 10.6. The molecule has 3 nitrogen and oxygen atoms in total. The molecule has 14 heavy (non-hydrogen) atoms. The van der Waals surface area contributed by atoms with E-state index in [2.05, 4.69) is 5.32 Å². The van der Waals surface area contributed by atoms with Crippen LogP contribution in [0, 0.1) is 11.3 Å². The van der Waals surface area contributed by atoms with Crippen LogP contribution < -0.4 is 5.32 Å². The predicted octanol–water partition coefficient (Wildman–Crippen LogP) is 2.13. The van der Waals surface area contributed by atoms with E-state index in [-0.39, 0.29) is 6.54 Å². The number of nitrogens with one attached hydrogen (secondary N) is 1. The Labute approximate surface area is 91.2 Å². The van der Waals surface area contributed by atoms with Gasteiger partial charge in [-0.05, 0) is 17.7 Å². The Morgan fingerprint density at radius 3 is 2.79 bits per heavy atom. The molecule has 0 aliphatic rings. The van der Waals surface area contributed by atoms with Gasteiger partial charge in [-0.3, -0.25) is 4.79 Å². The molecule has 0 heterocycles. The summed E-state index contributed by atoms with van der Waals surface area (Å²) in [6.45, 7) is 0.225. The van der Waals surface area contributed by atoms with Gasteiger partial charge in [-0.1, -0.05) is 29.3 Å². The second-order valence-electron chi connectivity index (χ2n) is 2.53. The zero-order valence-corrected chi connectivity index (χ0v) is 8.56. The highest BCUT2D eigenvalue weighted by Gasteiger charge is 2.02. The Kier molecular flexibility index (Phi) is 3.75. The van der Waals surface area contributed by atoms with Gasteiger partial charge in [0.1, 0.15) is 0 Å². The van der Waals surface area contributed by atoms with E-state index in [1.807, 2.05) is 0 Å². The fraction of sp³-hybridized carbons (Fsp3) is 0.111. The van der Waals surface area contributed by atoms with Gasteiger partial charge in [-0.25, -0.2) is 0 Å². The molecular weight excluding hydrogens is 223 g/mol. The number of carbonyl (C=O) groups excluding carboxylic acids is 1. The van der Waals surface area contributed by atoms with Gasteiger partial charge in [0.15, 0.2) is 6.07 Å². The Balaban J connectivity index is 2.69. The highest BCUT2D eigenvalue weighted by atomic mass is 35.5. The molecule has 1 N–H and O–H groups in total. The molecule has 0 spiro atoms. The molecule has 0 unspecified atom stereocenters. The Bertz CT molecular complexity index is 398. The summed E-state index contributed by atoms with van der Waals surface area (Å²) in [6.07, 6.45) is 0. The predicted molar refractivity (Wildman–Crippen MR) is 53.9 cm³/mol. The van der Waals surface area contributed by atoms with Crippen LogP contribution >= 0.6 is 23.2 Å². The third-order valence-electron chi connectivity index (χ3n) is 1.56. The Morgan fingerprint density at radius 1 is 1.50 bits per heavy atom. The molecule has 0 aliphatic carbocycles. The topological polar surface area (TPSA) is 52.9 Å². The van der Waals surface area contributed by atoms with E-state index < -0.39 is 5.91 Å². The van der Waals surface area contributed by atoms with Crippen LogP contribution in [0.1, 0.15) is 5.56 Å². The highest BCUT2D eigenvalue weighted by Crippen LogP contribution is 2.20. The van der Waals surface area contributed by atoms with Crippen molar-refractivity contribution in [1.82, 2.24) is 5.32 Å². The highest BCUT2D eigenvalue weighted by molar-refractivity contribution is 6.35. The molecule has 1 rings (SSSR count). The fourth-order valence-corrected chi connectivity index (χ4v) is 1.36. The van der Waals surface area contributed by atoms with Gasteiger partial charge >= 0.3 is 5.91 Å². The number of hydrogen-bond donors (Lipinski definition) is 1. The van der Waals surface area contributed by atoms with Crippen LogP contribution in [0.3, 0.4) is 0 Å². The largest absolute Gasteiger partial charge is 0.339 e. The summed E-state index contributed by atoms with van der Waals surface area (Å²) in [5.41, 5.74) is 0.722. The summed E-state index contributed by atoms with van der Waals surface area (Å²) in [5, 5.41) is 11.6. The third-order valence-corrected chi connectivity index (χ3v) is 2.14. The summed E-state index contributed by atoms with van der Waals surface area (Å²) >= 11 is 11.5. The molecule has 0 bridgehead atoms. The molecule has 0 aromatic heterocycles. The van der Waals surface area contributed by atoms with E-state index in [9.17, 15) is 4.79 Å². The van der Waals surface area contributed by atoms with Crippen molar-refractivity contribution in [2.24, 2.45) is 0 Å². The monoisotopic (exact) mass is 228 g/mol. The van der Waals surface area contributed by atoms with Gasteiger partial charge < -0.3 is 5.32 Å². The first-order valence-electron chi connectivity index (χ1n) is 3.75. The summed E-state index contributed by atoms with van der Waals surface area (Å²) in [6, 6.07) is 6.39. The standard InChI is InChI=1S/C9H6Cl2N2O/c10-7-2-1-6(8(11)3-7)5-13-9(14)4-12/h1-3H,5H2,(H,13,14). The minimum absolute atomic E-state index is 0.225. The molecule has 5 heteroatoms. The molecule has 0 aliphatic heterocycles. The zero-order valence-electron chi connectivity index (χ0n) is 7.05. The molecule has 0 saturated heterocycles. The van der Waals surface area contributed by atoms with E-state index in [0.717, 1.165) is 5.56 Å². The third kappa shape index (κ3) is 2.91. The number of hydrogen-bond acceptors (Lipinski definition) is 2. The van der Waals surface area contributed by atoms with E-state index in [4.69, 9.17) is 28.5 Å². The number of nitriles is 1. The van der Waals surface area contributed by atoms with Gasteiger partial charge in [-0.15, -0.1) is 0 Å². The van der Waals surface area contributed by atoms with Crippen molar-refractivity contribution >= 4 is 29.1 Å². The van der Waals surface area contributed by atoms with Crippen LogP contribution in [0.15, 0.2) is 18.2 Å². The maximum absolute atomic E-state index is 10.6. The number of benzene rings is 1. The first-order chi connectivity index (χ1) is 6.63. The lowest BCUT2D eigenvalue weighted by atomic mass is 10.2. The number of amides is 1. The first kappa shape index (κ1) is 10.8. The lowest BCUT2D eigenvalue weighted by Gasteiger charge is -2.03. The Hall–Kier alpha value is -1.24. The van der Waals surface area contributed by atoms with Crippen molar-refractivity contribution in [1.29, 1.82) is 5.26 Å². The van der Waals surface area contributed by atoms with Crippen LogP contribution in [0.25, 0.3) is 0 Å². The second kappa shape index (κ2) is 4.85. The van der Waals surface area contributed by atoms with Crippen molar-refractivity contribution in [3.05, 3.63) is 33.8 Å². The normalized spacial score (nSPS) is 9.21. The average Bonchev–Trinajstić information content (AvgIpc) is 2.16. The molecule has 0 fully saturated rings. The van der Waals surface area contributed by atoms with Crippen LogP contribution in [0.2, 0.25) is 10.0 Å². The molecule has 0 saturated carbocycles. The smallest absolute Gasteiger partial charge is 0.322 e. The summed E-state index contributed by atoms with van der Waals surface area (Å²) in [7, 11) is 0. The Morgan fingerprint density at radius 2 is 2.21 bits per heavy atom. The van der Waals surface area contributed by atoms with Crippen LogP contribution in [-0.2, 0) is 11.3 Å². The number of rotatable bonds is 2. The zero-order chi connectivity index (χ0) is 10.6. The molecule has 72 valence electrons. The maximum atomic E-state index is 10.6. The molecule has 0 radical (unpaired) electrons. The lowest BCUT2D eigenvalue weighted by molar-refractivity contribution is -0.116. The van der Waals surface area contributed by atoms with Gasteiger partial charge in [0.25, 0.3) is 0 Å². The van der Waals surface area contributed by atoms with Gasteiger partial charge in [0, 0.05) is 16.6 Å². The maximum Gasteiger partial charge on any atom is 0.322 e. The van der Waals surface area contributed by atoms with E-state index in [1.54, 1.807) is 18.2 Å². The molecule has 1 amide bonds. The number of nitrogens with zero attached hydrogens (tertiary/aromatic N) is 1. The molecule has 0 atom stereocenters. The van der Waals surface area contributed by atoms with E-state index in [1.165, 1.54) is 6.07 Å². The van der Waals surface area contributed by atoms with Crippen molar-refractivity contribution in [2.75, 3.05) is 0 Å². The van der Waals surface area contributed by atoms with Gasteiger partial charge in [0.2, 0.25) is 0 Å². The number of halogens is 2. The fourth-order valence-electron chi connectivity index (χ4n) is 0.880. The molecular formula is C9H6Cl2N2O. The van der Waals surface area contributed by atoms with Crippen LogP contribution in [0.5, 0.6) is 0 Å². The quantitative estimate of drug-likeness (QED) is 0.789. The first-order valence-corrected chi connectivity index (χ1v) is 4.51. The van der Waals surface area contributed by atoms with Crippen LogP contribution in [0.4, 0.5) is 0 Å². The molecule has 1 aromatic carbocycles. The number of carbonyl (C=O) groups is 1. The second-order valence-corrected chi connectivity index (χ2v) is 3.37. The van der Waals surface area contributed by atoms with Crippen molar-refractivity contribution in [3.63, 3.8) is 0 Å². The van der Waals surface area contributed by atoms with Gasteiger partial charge in [-0.2, -0.15) is 5.26 Å².